The van der Waals surface area contributed by atoms with Crippen LogP contribution < -0.4 is 10.0 Å². The first-order chi connectivity index (χ1) is 12.9. The van der Waals surface area contributed by atoms with E-state index in [1.54, 1.807) is 41.8 Å². The Kier molecular flexibility index (Phi) is 5.62. The summed E-state index contributed by atoms with van der Waals surface area (Å²) in [5, 5.41) is 4.63. The second-order valence-corrected chi connectivity index (χ2v) is 9.17. The van der Waals surface area contributed by atoms with Crippen LogP contribution in [0.1, 0.15) is 35.7 Å². The SMILES string of the molecule is CC(C)c1ccccc1NC(=O)c1ccc(NS(=O)(=O)c2cccs2)cc1. The third kappa shape index (κ3) is 4.56. The molecule has 3 rings (SSSR count). The Morgan fingerprint density at radius 3 is 2.30 bits per heavy atom. The molecule has 0 atom stereocenters. The predicted molar refractivity (Wildman–Crippen MR) is 110 cm³/mol. The van der Waals surface area contributed by atoms with Crippen molar-refractivity contribution < 1.29 is 13.2 Å². The van der Waals surface area contributed by atoms with Crippen molar-refractivity contribution >= 4 is 38.6 Å². The quantitative estimate of drug-likeness (QED) is 0.616. The normalized spacial score (nSPS) is 11.4. The Morgan fingerprint density at radius 2 is 1.67 bits per heavy atom. The van der Waals surface area contributed by atoms with Gasteiger partial charge in [-0.3, -0.25) is 9.52 Å². The van der Waals surface area contributed by atoms with Crippen LogP contribution in [0, 0.1) is 0 Å². The summed E-state index contributed by atoms with van der Waals surface area (Å²) < 4.78 is 27.2. The number of nitrogens with one attached hydrogen (secondary N) is 2. The molecular formula is C20H20N2O3S2. The highest BCUT2D eigenvalue weighted by Crippen LogP contribution is 2.25. The van der Waals surface area contributed by atoms with Gasteiger partial charge in [-0.2, -0.15) is 0 Å². The Hall–Kier alpha value is -2.64. The zero-order valence-electron chi connectivity index (χ0n) is 15.0. The molecule has 0 saturated carbocycles. The molecule has 0 bridgehead atoms. The minimum absolute atomic E-state index is 0.240. The third-order valence-electron chi connectivity index (χ3n) is 3.99. The van der Waals surface area contributed by atoms with Gasteiger partial charge in [0.25, 0.3) is 15.9 Å². The number of hydrogen-bond acceptors (Lipinski definition) is 4. The van der Waals surface area contributed by atoms with Gasteiger partial charge in [0.15, 0.2) is 0 Å². The third-order valence-corrected chi connectivity index (χ3v) is 6.77. The highest BCUT2D eigenvalue weighted by molar-refractivity contribution is 7.94. The van der Waals surface area contributed by atoms with E-state index in [0.717, 1.165) is 22.6 Å². The molecular weight excluding hydrogens is 380 g/mol. The lowest BCUT2D eigenvalue weighted by molar-refractivity contribution is 0.102. The van der Waals surface area contributed by atoms with Gasteiger partial charge in [-0.25, -0.2) is 8.42 Å². The lowest BCUT2D eigenvalue weighted by Crippen LogP contribution is -2.14. The van der Waals surface area contributed by atoms with Crippen molar-refractivity contribution in [1.82, 2.24) is 0 Å². The standard InChI is InChI=1S/C20H20N2O3S2/c1-14(2)17-6-3-4-7-18(17)21-20(23)15-9-11-16(12-10-15)22-27(24,25)19-8-5-13-26-19/h3-14,22H,1-2H3,(H,21,23). The van der Waals surface area contributed by atoms with Crippen molar-refractivity contribution in [3.05, 3.63) is 77.2 Å². The van der Waals surface area contributed by atoms with E-state index < -0.39 is 10.0 Å². The zero-order valence-corrected chi connectivity index (χ0v) is 16.6. The Labute approximate surface area is 163 Å². The van der Waals surface area contributed by atoms with Gasteiger partial charge in [0.05, 0.1) is 0 Å². The molecule has 3 aromatic rings. The monoisotopic (exact) mass is 400 g/mol. The number of amides is 1. The van der Waals surface area contributed by atoms with Crippen molar-refractivity contribution in [2.45, 2.75) is 24.0 Å². The fourth-order valence-electron chi connectivity index (χ4n) is 2.62. The average molecular weight is 401 g/mol. The molecule has 1 aromatic heterocycles. The number of thiophene rings is 1. The zero-order chi connectivity index (χ0) is 19.4. The van der Waals surface area contributed by atoms with Crippen molar-refractivity contribution in [1.29, 1.82) is 0 Å². The van der Waals surface area contributed by atoms with E-state index >= 15 is 0 Å². The number of sulfonamides is 1. The largest absolute Gasteiger partial charge is 0.322 e. The van der Waals surface area contributed by atoms with Crippen LogP contribution in [0.4, 0.5) is 11.4 Å². The van der Waals surface area contributed by atoms with Crippen LogP contribution in [0.2, 0.25) is 0 Å². The minimum Gasteiger partial charge on any atom is -0.322 e. The summed E-state index contributed by atoms with van der Waals surface area (Å²) in [6.45, 7) is 4.14. The molecule has 1 amide bonds. The first-order valence-corrected chi connectivity index (χ1v) is 10.8. The molecule has 0 fully saturated rings. The first-order valence-electron chi connectivity index (χ1n) is 8.43. The maximum Gasteiger partial charge on any atom is 0.271 e. The molecule has 0 unspecified atom stereocenters. The minimum atomic E-state index is -3.60. The number of hydrogen-bond donors (Lipinski definition) is 2. The van der Waals surface area contributed by atoms with Gasteiger partial charge in [-0.05, 0) is 53.3 Å². The molecule has 27 heavy (non-hydrogen) atoms. The molecule has 0 spiro atoms. The van der Waals surface area contributed by atoms with Crippen LogP contribution in [0.5, 0.6) is 0 Å². The van der Waals surface area contributed by atoms with E-state index in [1.807, 2.05) is 24.3 Å². The summed E-state index contributed by atoms with van der Waals surface area (Å²) in [4.78, 5) is 12.5. The van der Waals surface area contributed by atoms with Crippen molar-refractivity contribution in [2.24, 2.45) is 0 Å². The Bertz CT molecular complexity index is 1030. The van der Waals surface area contributed by atoms with Crippen molar-refractivity contribution in [3.8, 4) is 0 Å². The smallest absolute Gasteiger partial charge is 0.271 e. The maximum atomic E-state index is 12.5. The van der Waals surface area contributed by atoms with Gasteiger partial charge in [-0.1, -0.05) is 38.1 Å². The number of carbonyl (C=O) groups excluding carboxylic acids is 1. The van der Waals surface area contributed by atoms with Crippen LogP contribution in [-0.2, 0) is 10.0 Å². The van der Waals surface area contributed by atoms with E-state index in [4.69, 9.17) is 0 Å². The topological polar surface area (TPSA) is 75.3 Å². The lowest BCUT2D eigenvalue weighted by Gasteiger charge is -2.14. The summed E-state index contributed by atoms with van der Waals surface area (Å²) in [5.41, 5.74) is 2.70. The molecule has 2 N–H and O–H groups in total. The van der Waals surface area contributed by atoms with Crippen LogP contribution in [0.3, 0.4) is 0 Å². The number of benzene rings is 2. The number of anilines is 2. The average Bonchev–Trinajstić information content (AvgIpc) is 3.18. The van der Waals surface area contributed by atoms with E-state index in [1.165, 1.54) is 0 Å². The molecule has 0 radical (unpaired) electrons. The molecule has 2 aromatic carbocycles. The van der Waals surface area contributed by atoms with E-state index in [2.05, 4.69) is 23.9 Å². The van der Waals surface area contributed by atoms with Gasteiger partial charge < -0.3 is 5.32 Å². The number of rotatable bonds is 6. The molecule has 0 saturated heterocycles. The Morgan fingerprint density at radius 1 is 0.963 bits per heavy atom. The van der Waals surface area contributed by atoms with Gasteiger partial charge in [0.1, 0.15) is 4.21 Å². The fraction of sp³-hybridized carbons (Fsp3) is 0.150. The second kappa shape index (κ2) is 7.94. The molecule has 0 aliphatic carbocycles. The molecule has 7 heteroatoms. The van der Waals surface area contributed by atoms with Crippen LogP contribution in [-0.4, -0.2) is 14.3 Å². The van der Waals surface area contributed by atoms with Crippen LogP contribution >= 0.6 is 11.3 Å². The summed E-state index contributed by atoms with van der Waals surface area (Å²) in [5.74, 6) is 0.0475. The van der Waals surface area contributed by atoms with E-state index in [0.29, 0.717) is 11.3 Å². The van der Waals surface area contributed by atoms with Crippen molar-refractivity contribution in [2.75, 3.05) is 10.0 Å². The highest BCUT2D eigenvalue weighted by Gasteiger charge is 2.16. The fourth-order valence-corrected chi connectivity index (χ4v) is 4.67. The summed E-state index contributed by atoms with van der Waals surface area (Å²) in [6.07, 6.45) is 0. The molecule has 1 heterocycles. The van der Waals surface area contributed by atoms with Gasteiger partial charge in [-0.15, -0.1) is 11.3 Å². The maximum absolute atomic E-state index is 12.5. The van der Waals surface area contributed by atoms with Crippen LogP contribution in [0.15, 0.2) is 70.3 Å². The molecule has 140 valence electrons. The molecule has 5 nitrogen and oxygen atoms in total. The molecule has 0 aliphatic rings. The van der Waals surface area contributed by atoms with Crippen LogP contribution in [0.25, 0.3) is 0 Å². The summed E-state index contributed by atoms with van der Waals surface area (Å²) in [7, 11) is -3.60. The van der Waals surface area contributed by atoms with E-state index in [-0.39, 0.29) is 16.0 Å². The predicted octanol–water partition coefficient (Wildman–Crippen LogP) is 4.92. The number of para-hydroxylation sites is 1. The highest BCUT2D eigenvalue weighted by atomic mass is 32.2. The first kappa shape index (κ1) is 19.1. The van der Waals surface area contributed by atoms with Gasteiger partial charge >= 0.3 is 0 Å². The van der Waals surface area contributed by atoms with Crippen molar-refractivity contribution in [3.63, 3.8) is 0 Å². The number of carbonyl (C=O) groups is 1. The summed E-state index contributed by atoms with van der Waals surface area (Å²) >= 11 is 1.15. The van der Waals surface area contributed by atoms with E-state index in [9.17, 15) is 13.2 Å². The second-order valence-electron chi connectivity index (χ2n) is 6.31. The van der Waals surface area contributed by atoms with Gasteiger partial charge in [0.2, 0.25) is 0 Å². The lowest BCUT2D eigenvalue weighted by atomic mass is 10.0. The molecule has 0 aliphatic heterocycles. The van der Waals surface area contributed by atoms with Gasteiger partial charge in [0, 0.05) is 16.9 Å². The summed E-state index contributed by atoms with van der Waals surface area (Å²) in [6, 6.07) is 17.3. The Balaban J connectivity index is 1.73.